The quantitative estimate of drug-likeness (QED) is 0.746. The van der Waals surface area contributed by atoms with Crippen molar-refractivity contribution in [1.29, 1.82) is 0 Å². The van der Waals surface area contributed by atoms with Gasteiger partial charge in [0.2, 0.25) is 12.2 Å². The molecule has 1 N–H and O–H groups in total. The normalized spacial score (nSPS) is 17.8. The molecular formula is C19H30N4O3. The number of hydrogen-bond donors (Lipinski definition) is 1. The van der Waals surface area contributed by atoms with Crippen LogP contribution in [0.15, 0.2) is 6.07 Å². The van der Waals surface area contributed by atoms with Crippen molar-refractivity contribution >= 4 is 11.7 Å². The molecule has 7 nitrogen and oxygen atoms in total. The molecule has 0 radical (unpaired) electrons. The van der Waals surface area contributed by atoms with E-state index in [4.69, 9.17) is 14.5 Å². The smallest absolute Gasteiger partial charge is 0.243 e. The SMILES string of the molecule is COC(OC)c1nc2c(cc1CN(C)C(=O)C1(N(C)C)CC1)CCCN2. The molecule has 3 rings (SSSR count). The molecule has 1 amide bonds. The van der Waals surface area contributed by atoms with Gasteiger partial charge in [-0.3, -0.25) is 9.69 Å². The van der Waals surface area contributed by atoms with E-state index in [1.807, 2.05) is 26.0 Å². The highest BCUT2D eigenvalue weighted by atomic mass is 16.7. The minimum atomic E-state index is -0.550. The first-order valence-electron chi connectivity index (χ1n) is 9.18. The molecule has 7 heteroatoms. The molecule has 0 bridgehead atoms. The second-order valence-corrected chi connectivity index (χ2v) is 7.46. The lowest BCUT2D eigenvalue weighted by atomic mass is 10.0. The minimum Gasteiger partial charge on any atom is -0.370 e. The van der Waals surface area contributed by atoms with Gasteiger partial charge in [-0.05, 0) is 57.0 Å². The number of likely N-dealkylation sites (N-methyl/N-ethyl adjacent to an activating group) is 2. The zero-order chi connectivity index (χ0) is 18.9. The zero-order valence-electron chi connectivity index (χ0n) is 16.5. The van der Waals surface area contributed by atoms with E-state index in [0.29, 0.717) is 6.54 Å². The molecule has 0 spiro atoms. The Morgan fingerprint density at radius 1 is 1.31 bits per heavy atom. The van der Waals surface area contributed by atoms with E-state index in [0.717, 1.165) is 49.3 Å². The molecule has 1 fully saturated rings. The fourth-order valence-corrected chi connectivity index (χ4v) is 3.75. The van der Waals surface area contributed by atoms with Gasteiger partial charge in [0.15, 0.2) is 0 Å². The molecule has 1 saturated carbocycles. The second-order valence-electron chi connectivity index (χ2n) is 7.46. The first-order chi connectivity index (χ1) is 12.4. The topological polar surface area (TPSA) is 66.9 Å². The molecule has 0 aromatic carbocycles. The predicted molar refractivity (Wildman–Crippen MR) is 99.9 cm³/mol. The van der Waals surface area contributed by atoms with E-state index >= 15 is 0 Å². The lowest BCUT2D eigenvalue weighted by Gasteiger charge is -2.30. The number of aryl methyl sites for hydroxylation is 1. The molecule has 26 heavy (non-hydrogen) atoms. The summed E-state index contributed by atoms with van der Waals surface area (Å²) in [6.07, 6.45) is 3.37. The molecular weight excluding hydrogens is 332 g/mol. The van der Waals surface area contributed by atoms with Gasteiger partial charge in [-0.15, -0.1) is 0 Å². The van der Waals surface area contributed by atoms with Gasteiger partial charge < -0.3 is 19.7 Å². The van der Waals surface area contributed by atoms with Gasteiger partial charge >= 0.3 is 0 Å². The first kappa shape index (κ1) is 19.1. The molecule has 1 aromatic heterocycles. The van der Waals surface area contributed by atoms with Crippen LogP contribution >= 0.6 is 0 Å². The summed E-state index contributed by atoms with van der Waals surface area (Å²) in [7, 11) is 9.02. The number of amides is 1. The predicted octanol–water partition coefficient (Wildman–Crippen LogP) is 1.78. The summed E-state index contributed by atoms with van der Waals surface area (Å²) >= 11 is 0. The Morgan fingerprint density at radius 2 is 2.00 bits per heavy atom. The number of fused-ring (bicyclic) bond motifs is 1. The fraction of sp³-hybridized carbons (Fsp3) is 0.684. The highest BCUT2D eigenvalue weighted by molar-refractivity contribution is 5.89. The third-order valence-electron chi connectivity index (χ3n) is 5.51. The molecule has 2 heterocycles. The Kier molecular flexibility index (Phi) is 5.50. The number of carbonyl (C=O) groups excluding carboxylic acids is 1. The highest BCUT2D eigenvalue weighted by Crippen LogP contribution is 2.42. The van der Waals surface area contributed by atoms with E-state index < -0.39 is 6.29 Å². The van der Waals surface area contributed by atoms with Gasteiger partial charge in [0.25, 0.3) is 0 Å². The summed E-state index contributed by atoms with van der Waals surface area (Å²) in [5.74, 6) is 1.06. The Morgan fingerprint density at radius 3 is 2.58 bits per heavy atom. The van der Waals surface area contributed by atoms with Gasteiger partial charge in [-0.1, -0.05) is 0 Å². The van der Waals surface area contributed by atoms with E-state index in [1.54, 1.807) is 19.1 Å². The summed E-state index contributed by atoms with van der Waals surface area (Å²) in [6.45, 7) is 1.42. The van der Waals surface area contributed by atoms with Crippen LogP contribution in [-0.4, -0.2) is 68.1 Å². The number of rotatable bonds is 7. The summed E-state index contributed by atoms with van der Waals surface area (Å²) < 4.78 is 10.9. The number of nitrogens with one attached hydrogen (secondary N) is 1. The summed E-state index contributed by atoms with van der Waals surface area (Å²) in [5.41, 5.74) is 2.57. The van der Waals surface area contributed by atoms with Gasteiger partial charge in [0.05, 0.1) is 0 Å². The van der Waals surface area contributed by atoms with Crippen LogP contribution < -0.4 is 5.32 Å². The van der Waals surface area contributed by atoms with E-state index in [2.05, 4.69) is 11.4 Å². The van der Waals surface area contributed by atoms with Crippen LogP contribution in [-0.2, 0) is 27.2 Å². The van der Waals surface area contributed by atoms with Crippen LogP contribution in [0.25, 0.3) is 0 Å². The average Bonchev–Trinajstić information content (AvgIpc) is 3.44. The van der Waals surface area contributed by atoms with Crippen LogP contribution in [0.3, 0.4) is 0 Å². The van der Waals surface area contributed by atoms with E-state index in [-0.39, 0.29) is 11.4 Å². The average molecular weight is 362 g/mol. The van der Waals surface area contributed by atoms with E-state index in [1.165, 1.54) is 5.56 Å². The number of pyridine rings is 1. The molecule has 0 atom stereocenters. The van der Waals surface area contributed by atoms with Crippen LogP contribution in [0.4, 0.5) is 5.82 Å². The first-order valence-corrected chi connectivity index (χ1v) is 9.18. The third-order valence-corrected chi connectivity index (χ3v) is 5.51. The number of hydrogen-bond acceptors (Lipinski definition) is 6. The van der Waals surface area contributed by atoms with Crippen molar-refractivity contribution < 1.29 is 14.3 Å². The van der Waals surface area contributed by atoms with Crippen molar-refractivity contribution in [3.63, 3.8) is 0 Å². The number of aromatic nitrogens is 1. The Labute approximate surface area is 155 Å². The molecule has 1 aliphatic heterocycles. The minimum absolute atomic E-state index is 0.163. The lowest BCUT2D eigenvalue weighted by molar-refractivity contribution is -0.137. The molecule has 2 aliphatic rings. The maximum absolute atomic E-state index is 13.0. The van der Waals surface area contributed by atoms with Gasteiger partial charge in [0, 0.05) is 34.4 Å². The standard InChI is InChI=1S/C19H30N4O3/c1-22(2)19(8-9-19)18(24)23(3)12-14-11-13-7-6-10-20-16(13)21-15(14)17(25-4)26-5/h11,17H,6-10,12H2,1-5H3,(H,20,21). The summed E-state index contributed by atoms with van der Waals surface area (Å²) in [4.78, 5) is 21.6. The number of methoxy groups -OCH3 is 2. The van der Waals surface area contributed by atoms with Gasteiger partial charge in [-0.2, -0.15) is 0 Å². The van der Waals surface area contributed by atoms with Crippen LogP contribution in [0, 0.1) is 0 Å². The molecule has 0 unspecified atom stereocenters. The fourth-order valence-electron chi connectivity index (χ4n) is 3.75. The second kappa shape index (κ2) is 7.50. The van der Waals surface area contributed by atoms with Crippen molar-refractivity contribution in [2.75, 3.05) is 47.2 Å². The molecule has 1 aliphatic carbocycles. The number of carbonyl (C=O) groups is 1. The maximum atomic E-state index is 13.0. The van der Waals surface area contributed by atoms with Gasteiger partial charge in [0.1, 0.15) is 17.1 Å². The maximum Gasteiger partial charge on any atom is 0.243 e. The molecule has 0 saturated heterocycles. The van der Waals surface area contributed by atoms with Gasteiger partial charge in [-0.25, -0.2) is 4.98 Å². The third kappa shape index (κ3) is 3.43. The number of ether oxygens (including phenoxy) is 2. The van der Waals surface area contributed by atoms with Crippen molar-refractivity contribution in [3.8, 4) is 0 Å². The van der Waals surface area contributed by atoms with Crippen molar-refractivity contribution in [3.05, 3.63) is 22.9 Å². The van der Waals surface area contributed by atoms with Crippen LogP contribution in [0.2, 0.25) is 0 Å². The number of nitrogens with zero attached hydrogens (tertiary/aromatic N) is 3. The van der Waals surface area contributed by atoms with Crippen molar-refractivity contribution in [2.45, 2.75) is 44.1 Å². The van der Waals surface area contributed by atoms with E-state index in [9.17, 15) is 4.79 Å². The van der Waals surface area contributed by atoms with Crippen LogP contribution in [0.5, 0.6) is 0 Å². The summed E-state index contributed by atoms with van der Waals surface area (Å²) in [6, 6.07) is 2.15. The van der Waals surface area contributed by atoms with Crippen molar-refractivity contribution in [2.24, 2.45) is 0 Å². The zero-order valence-corrected chi connectivity index (χ0v) is 16.5. The molecule has 1 aromatic rings. The van der Waals surface area contributed by atoms with Crippen LogP contribution in [0.1, 0.15) is 42.4 Å². The highest BCUT2D eigenvalue weighted by Gasteiger charge is 2.53. The molecule has 144 valence electrons. The Balaban J connectivity index is 1.89. The Hall–Kier alpha value is -1.70. The number of anilines is 1. The largest absolute Gasteiger partial charge is 0.370 e. The van der Waals surface area contributed by atoms with Crippen molar-refractivity contribution in [1.82, 2.24) is 14.8 Å². The lowest BCUT2D eigenvalue weighted by Crippen LogP contribution is -2.46. The Bertz CT molecular complexity index is 669. The summed E-state index contributed by atoms with van der Waals surface area (Å²) in [5, 5.41) is 3.35. The monoisotopic (exact) mass is 362 g/mol.